The number of hydrogen-bond donors (Lipinski definition) is 1. The Morgan fingerprint density at radius 3 is 2.45 bits per heavy atom. The summed E-state index contributed by atoms with van der Waals surface area (Å²) in [7, 11) is 2.01. The van der Waals surface area contributed by atoms with Gasteiger partial charge >= 0.3 is 0 Å². The molecule has 22 heavy (non-hydrogen) atoms. The maximum absolute atomic E-state index is 12.1. The van der Waals surface area contributed by atoms with Crippen molar-refractivity contribution in [2.75, 3.05) is 14.2 Å². The Hall–Kier alpha value is -2.27. The molecule has 5 heteroatoms. The van der Waals surface area contributed by atoms with Crippen LogP contribution in [0.15, 0.2) is 47.9 Å². The van der Waals surface area contributed by atoms with Gasteiger partial charge in [0, 0.05) is 17.0 Å². The van der Waals surface area contributed by atoms with Crippen LogP contribution in [0.5, 0.6) is 17.2 Å². The molecule has 0 heterocycles. The SMILES string of the molecule is COc1ccc(CS(=O)C=Cc2ccc(O)cc2OC)cc1. The predicted octanol–water partition coefficient (Wildman–Crippen LogP) is 3.33. The lowest BCUT2D eigenvalue weighted by atomic mass is 10.2. The molecular weight excluding hydrogens is 300 g/mol. The molecule has 0 bridgehead atoms. The van der Waals surface area contributed by atoms with Gasteiger partial charge in [-0.25, -0.2) is 0 Å². The molecular formula is C17H18O4S. The summed E-state index contributed by atoms with van der Waals surface area (Å²) in [6, 6.07) is 12.3. The minimum Gasteiger partial charge on any atom is -0.508 e. The highest BCUT2D eigenvalue weighted by molar-refractivity contribution is 7.87. The van der Waals surface area contributed by atoms with Crippen molar-refractivity contribution < 1.29 is 18.8 Å². The van der Waals surface area contributed by atoms with Crippen molar-refractivity contribution in [3.63, 3.8) is 0 Å². The van der Waals surface area contributed by atoms with E-state index in [1.807, 2.05) is 24.3 Å². The number of phenols is 1. The van der Waals surface area contributed by atoms with E-state index in [0.717, 1.165) is 16.9 Å². The summed E-state index contributed by atoms with van der Waals surface area (Å²) in [5.74, 6) is 1.88. The van der Waals surface area contributed by atoms with Crippen LogP contribution >= 0.6 is 0 Å². The monoisotopic (exact) mass is 318 g/mol. The lowest BCUT2D eigenvalue weighted by molar-refractivity contribution is 0.407. The zero-order chi connectivity index (χ0) is 15.9. The summed E-state index contributed by atoms with van der Waals surface area (Å²) < 4.78 is 22.4. The molecule has 0 fully saturated rings. The molecule has 2 aromatic rings. The van der Waals surface area contributed by atoms with Crippen LogP contribution in [0.25, 0.3) is 6.08 Å². The van der Waals surface area contributed by atoms with Crippen molar-refractivity contribution in [2.24, 2.45) is 0 Å². The number of phenolic OH excluding ortho intramolecular Hbond substituents is 1. The first-order chi connectivity index (χ1) is 10.6. The van der Waals surface area contributed by atoms with Gasteiger partial charge in [0.1, 0.15) is 17.2 Å². The van der Waals surface area contributed by atoms with Gasteiger partial charge in [0.2, 0.25) is 0 Å². The van der Waals surface area contributed by atoms with Gasteiger partial charge in [0.05, 0.1) is 30.8 Å². The van der Waals surface area contributed by atoms with E-state index in [9.17, 15) is 9.32 Å². The molecule has 0 radical (unpaired) electrons. The van der Waals surface area contributed by atoms with Crippen LogP contribution in [0.1, 0.15) is 11.1 Å². The van der Waals surface area contributed by atoms with Gasteiger partial charge in [-0.3, -0.25) is 4.21 Å². The topological polar surface area (TPSA) is 55.8 Å². The van der Waals surface area contributed by atoms with Gasteiger partial charge in [-0.1, -0.05) is 12.1 Å². The molecule has 2 rings (SSSR count). The molecule has 116 valence electrons. The molecule has 0 saturated carbocycles. The summed E-state index contributed by atoms with van der Waals surface area (Å²) in [6.07, 6.45) is 1.73. The van der Waals surface area contributed by atoms with Gasteiger partial charge in [-0.15, -0.1) is 0 Å². The Kier molecular flexibility index (Phi) is 5.61. The molecule has 0 amide bonds. The number of ether oxygens (including phenoxy) is 2. The van der Waals surface area contributed by atoms with E-state index in [-0.39, 0.29) is 5.75 Å². The third-order valence-corrected chi connectivity index (χ3v) is 4.14. The van der Waals surface area contributed by atoms with Crippen LogP contribution in [0.3, 0.4) is 0 Å². The highest BCUT2D eigenvalue weighted by atomic mass is 32.2. The van der Waals surface area contributed by atoms with Crippen LogP contribution in [-0.4, -0.2) is 23.5 Å². The van der Waals surface area contributed by atoms with E-state index in [1.165, 1.54) is 13.2 Å². The van der Waals surface area contributed by atoms with Crippen molar-refractivity contribution >= 4 is 16.9 Å². The summed E-state index contributed by atoms with van der Waals surface area (Å²) in [5.41, 5.74) is 1.74. The molecule has 1 atom stereocenters. The van der Waals surface area contributed by atoms with Crippen LogP contribution in [0.4, 0.5) is 0 Å². The maximum Gasteiger partial charge on any atom is 0.129 e. The molecule has 0 aliphatic rings. The maximum atomic E-state index is 12.1. The highest BCUT2D eigenvalue weighted by Gasteiger charge is 2.03. The number of aromatic hydroxyl groups is 1. The van der Waals surface area contributed by atoms with Crippen molar-refractivity contribution in [1.29, 1.82) is 0 Å². The molecule has 1 unspecified atom stereocenters. The first kappa shape index (κ1) is 16.1. The van der Waals surface area contributed by atoms with Crippen molar-refractivity contribution in [3.05, 3.63) is 59.0 Å². The van der Waals surface area contributed by atoms with Crippen molar-refractivity contribution in [1.82, 2.24) is 0 Å². The minimum atomic E-state index is -1.14. The summed E-state index contributed by atoms with van der Waals surface area (Å²) in [5, 5.41) is 11.0. The smallest absolute Gasteiger partial charge is 0.129 e. The van der Waals surface area contributed by atoms with Gasteiger partial charge in [-0.05, 0) is 35.9 Å². The van der Waals surface area contributed by atoms with Gasteiger partial charge in [0.25, 0.3) is 0 Å². The van der Waals surface area contributed by atoms with E-state index in [0.29, 0.717) is 11.5 Å². The second kappa shape index (κ2) is 7.66. The number of benzene rings is 2. The molecule has 2 aromatic carbocycles. The highest BCUT2D eigenvalue weighted by Crippen LogP contribution is 2.25. The van der Waals surface area contributed by atoms with E-state index in [1.54, 1.807) is 30.7 Å². The third-order valence-electron chi connectivity index (χ3n) is 3.08. The van der Waals surface area contributed by atoms with Crippen LogP contribution in [0.2, 0.25) is 0 Å². The molecule has 0 aliphatic carbocycles. The fraction of sp³-hybridized carbons (Fsp3) is 0.176. The zero-order valence-electron chi connectivity index (χ0n) is 12.5. The van der Waals surface area contributed by atoms with Crippen LogP contribution < -0.4 is 9.47 Å². The first-order valence-corrected chi connectivity index (χ1v) is 8.06. The Bertz CT molecular complexity index is 678. The predicted molar refractivity (Wildman–Crippen MR) is 88.5 cm³/mol. The number of rotatable bonds is 6. The summed E-state index contributed by atoms with van der Waals surface area (Å²) >= 11 is 0. The Labute approximate surface area is 132 Å². The second-order valence-electron chi connectivity index (χ2n) is 4.60. The van der Waals surface area contributed by atoms with E-state index >= 15 is 0 Å². The van der Waals surface area contributed by atoms with Gasteiger partial charge in [0.15, 0.2) is 0 Å². The minimum absolute atomic E-state index is 0.133. The van der Waals surface area contributed by atoms with E-state index in [4.69, 9.17) is 9.47 Å². The van der Waals surface area contributed by atoms with Crippen LogP contribution in [-0.2, 0) is 16.6 Å². The summed E-state index contributed by atoms with van der Waals surface area (Å²) in [4.78, 5) is 0. The number of methoxy groups -OCH3 is 2. The Morgan fingerprint density at radius 2 is 1.82 bits per heavy atom. The molecule has 0 saturated heterocycles. The largest absolute Gasteiger partial charge is 0.508 e. The Balaban J connectivity index is 2.04. The average Bonchev–Trinajstić information content (AvgIpc) is 2.54. The van der Waals surface area contributed by atoms with E-state index in [2.05, 4.69) is 0 Å². The quantitative estimate of drug-likeness (QED) is 0.887. The molecule has 0 aromatic heterocycles. The van der Waals surface area contributed by atoms with E-state index < -0.39 is 10.8 Å². The van der Waals surface area contributed by atoms with Crippen molar-refractivity contribution in [2.45, 2.75) is 5.75 Å². The van der Waals surface area contributed by atoms with Crippen molar-refractivity contribution in [3.8, 4) is 17.2 Å². The third kappa shape index (κ3) is 4.36. The normalized spacial score (nSPS) is 12.3. The lowest BCUT2D eigenvalue weighted by Gasteiger charge is -2.05. The Morgan fingerprint density at radius 1 is 1.09 bits per heavy atom. The van der Waals surface area contributed by atoms with Crippen LogP contribution in [0, 0.1) is 0 Å². The molecule has 0 spiro atoms. The fourth-order valence-electron chi connectivity index (χ4n) is 1.92. The average molecular weight is 318 g/mol. The molecule has 0 aliphatic heterocycles. The lowest BCUT2D eigenvalue weighted by Crippen LogP contribution is -1.92. The number of hydrogen-bond acceptors (Lipinski definition) is 4. The fourth-order valence-corrected chi connectivity index (χ4v) is 2.84. The molecule has 4 nitrogen and oxygen atoms in total. The molecule has 1 N–H and O–H groups in total. The summed E-state index contributed by atoms with van der Waals surface area (Å²) in [6.45, 7) is 0. The second-order valence-corrected chi connectivity index (χ2v) is 5.92. The first-order valence-electron chi connectivity index (χ1n) is 6.67. The van der Waals surface area contributed by atoms with Gasteiger partial charge in [-0.2, -0.15) is 0 Å². The van der Waals surface area contributed by atoms with Gasteiger partial charge < -0.3 is 14.6 Å². The standard InChI is InChI=1S/C17H18O4S/c1-20-16-7-3-13(4-8-16)12-22(19)10-9-14-5-6-15(18)11-17(14)21-2/h3-11,18H,12H2,1-2H3. The zero-order valence-corrected chi connectivity index (χ0v) is 13.3.